The fraction of sp³-hybridized carbons (Fsp3) is 0.400. The van der Waals surface area contributed by atoms with Gasteiger partial charge in [-0.1, -0.05) is 42.5 Å². The van der Waals surface area contributed by atoms with Gasteiger partial charge in [-0.3, -0.25) is 4.79 Å². The lowest BCUT2D eigenvalue weighted by Crippen LogP contribution is -2.23. The van der Waals surface area contributed by atoms with Crippen LogP contribution >= 0.6 is 0 Å². The van der Waals surface area contributed by atoms with E-state index in [1.165, 1.54) is 7.11 Å². The Hall–Kier alpha value is -1.61. The fourth-order valence-corrected chi connectivity index (χ4v) is 2.94. The highest BCUT2D eigenvalue weighted by Gasteiger charge is 2.72. The minimum absolute atomic E-state index is 0.0184. The van der Waals surface area contributed by atoms with Crippen molar-refractivity contribution in [3.8, 4) is 0 Å². The van der Waals surface area contributed by atoms with Gasteiger partial charge >= 0.3 is 5.97 Å². The number of hydrogen-bond donors (Lipinski definition) is 0. The van der Waals surface area contributed by atoms with Crippen molar-refractivity contribution < 1.29 is 14.3 Å². The summed E-state index contributed by atoms with van der Waals surface area (Å²) in [6, 6.07) is 9.97. The van der Waals surface area contributed by atoms with Gasteiger partial charge in [0.05, 0.1) is 13.2 Å². The maximum Gasteiger partial charge on any atom is 0.318 e. The van der Waals surface area contributed by atoms with E-state index in [0.29, 0.717) is 5.92 Å². The van der Waals surface area contributed by atoms with Gasteiger partial charge < -0.3 is 9.47 Å². The molecule has 18 heavy (non-hydrogen) atoms. The molecule has 0 radical (unpaired) electrons. The van der Waals surface area contributed by atoms with E-state index in [9.17, 15) is 4.79 Å². The number of ether oxygens (including phenoxy) is 2. The van der Waals surface area contributed by atoms with Crippen molar-refractivity contribution in [3.63, 3.8) is 0 Å². The third-order valence-corrected chi connectivity index (χ3v) is 3.96. The normalized spacial score (nSPS) is 33.4. The lowest BCUT2D eigenvalue weighted by molar-refractivity contribution is -0.147. The van der Waals surface area contributed by atoms with Gasteiger partial charge in [-0.2, -0.15) is 0 Å². The number of esters is 1. The molecule has 0 amide bonds. The van der Waals surface area contributed by atoms with Crippen LogP contribution in [0.3, 0.4) is 0 Å². The third-order valence-electron chi connectivity index (χ3n) is 3.96. The topological polar surface area (TPSA) is 35.5 Å². The Morgan fingerprint density at radius 2 is 2.22 bits per heavy atom. The van der Waals surface area contributed by atoms with Crippen LogP contribution in [0.2, 0.25) is 0 Å². The van der Waals surface area contributed by atoms with Gasteiger partial charge in [0.1, 0.15) is 5.41 Å². The summed E-state index contributed by atoms with van der Waals surface area (Å²) in [6.07, 6.45) is 4.91. The van der Waals surface area contributed by atoms with Crippen molar-refractivity contribution in [3.05, 3.63) is 42.0 Å². The van der Waals surface area contributed by atoms with Crippen LogP contribution in [0.25, 0.3) is 6.08 Å². The number of carbonyl (C=O) groups excluding carboxylic acids is 1. The van der Waals surface area contributed by atoms with Gasteiger partial charge in [0.15, 0.2) is 0 Å². The van der Waals surface area contributed by atoms with E-state index in [0.717, 1.165) is 18.6 Å². The molecule has 0 bridgehead atoms. The molecule has 1 saturated heterocycles. The molecule has 2 fully saturated rings. The van der Waals surface area contributed by atoms with Crippen LogP contribution in [0.15, 0.2) is 36.4 Å². The van der Waals surface area contributed by atoms with Crippen molar-refractivity contribution in [2.24, 2.45) is 11.3 Å². The first-order valence-electron chi connectivity index (χ1n) is 6.23. The SMILES string of the molecule is COC(=O)[C@]1(/C=C/c2ccccc2)[C@@H]2OCC[C@@H]21. The first-order chi connectivity index (χ1) is 8.79. The fourth-order valence-electron chi connectivity index (χ4n) is 2.94. The number of methoxy groups -OCH3 is 1. The second-order valence-electron chi connectivity index (χ2n) is 4.86. The highest BCUT2D eigenvalue weighted by Crippen LogP contribution is 2.62. The summed E-state index contributed by atoms with van der Waals surface area (Å²) >= 11 is 0. The molecule has 0 aromatic heterocycles. The first-order valence-corrected chi connectivity index (χ1v) is 6.23. The molecule has 0 N–H and O–H groups in total. The Kier molecular flexibility index (Phi) is 2.71. The van der Waals surface area contributed by atoms with Crippen molar-refractivity contribution in [2.75, 3.05) is 13.7 Å². The highest BCUT2D eigenvalue weighted by atomic mass is 16.5. The summed E-state index contributed by atoms with van der Waals surface area (Å²) in [5.74, 6) is 0.120. The Bertz CT molecular complexity index is 468. The summed E-state index contributed by atoms with van der Waals surface area (Å²) in [5.41, 5.74) is 0.550. The maximum absolute atomic E-state index is 12.0. The molecule has 3 rings (SSSR count). The van der Waals surface area contributed by atoms with E-state index >= 15 is 0 Å². The predicted octanol–water partition coefficient (Wildman–Crippen LogP) is 2.28. The van der Waals surface area contributed by atoms with Crippen LogP contribution in [-0.4, -0.2) is 25.8 Å². The smallest absolute Gasteiger partial charge is 0.318 e. The molecule has 3 atom stereocenters. The lowest BCUT2D eigenvalue weighted by atomic mass is 9.99. The Labute approximate surface area is 106 Å². The van der Waals surface area contributed by atoms with Gasteiger partial charge in [0.25, 0.3) is 0 Å². The summed E-state index contributed by atoms with van der Waals surface area (Å²) in [4.78, 5) is 12.0. The van der Waals surface area contributed by atoms with Crippen molar-refractivity contribution >= 4 is 12.0 Å². The Balaban J connectivity index is 1.84. The molecule has 3 heteroatoms. The van der Waals surface area contributed by atoms with Crippen LogP contribution in [-0.2, 0) is 14.3 Å². The molecule has 1 aliphatic carbocycles. The molecule has 1 aromatic carbocycles. The molecular weight excluding hydrogens is 228 g/mol. The number of rotatable bonds is 3. The van der Waals surface area contributed by atoms with Gasteiger partial charge in [-0.05, 0) is 12.0 Å². The minimum Gasteiger partial charge on any atom is -0.468 e. The van der Waals surface area contributed by atoms with E-state index in [4.69, 9.17) is 9.47 Å². The molecular formula is C15H16O3. The Morgan fingerprint density at radius 3 is 2.83 bits per heavy atom. The zero-order valence-corrected chi connectivity index (χ0v) is 10.3. The molecule has 2 aliphatic rings. The molecule has 0 unspecified atom stereocenters. The maximum atomic E-state index is 12.0. The summed E-state index contributed by atoms with van der Waals surface area (Å²) < 4.78 is 10.5. The number of benzene rings is 1. The summed E-state index contributed by atoms with van der Waals surface area (Å²) in [7, 11) is 1.44. The molecule has 1 aromatic rings. The summed E-state index contributed by atoms with van der Waals surface area (Å²) in [6.45, 7) is 0.757. The van der Waals surface area contributed by atoms with Crippen LogP contribution in [0.4, 0.5) is 0 Å². The minimum atomic E-state index is -0.539. The van der Waals surface area contributed by atoms with Gasteiger partial charge in [-0.25, -0.2) is 0 Å². The number of carbonyl (C=O) groups is 1. The van der Waals surface area contributed by atoms with Gasteiger partial charge in [-0.15, -0.1) is 0 Å². The van der Waals surface area contributed by atoms with Crippen LogP contribution in [0.5, 0.6) is 0 Å². The highest BCUT2D eigenvalue weighted by molar-refractivity contribution is 5.86. The van der Waals surface area contributed by atoms with E-state index in [2.05, 4.69) is 0 Å². The second-order valence-corrected chi connectivity index (χ2v) is 4.86. The van der Waals surface area contributed by atoms with Crippen molar-refractivity contribution in [2.45, 2.75) is 12.5 Å². The third kappa shape index (κ3) is 1.58. The zero-order valence-electron chi connectivity index (χ0n) is 10.3. The van der Waals surface area contributed by atoms with E-state index in [-0.39, 0.29) is 12.1 Å². The van der Waals surface area contributed by atoms with E-state index in [1.807, 2.05) is 42.5 Å². The zero-order chi connectivity index (χ0) is 12.6. The Morgan fingerprint density at radius 1 is 1.44 bits per heavy atom. The van der Waals surface area contributed by atoms with Gasteiger partial charge in [0.2, 0.25) is 0 Å². The van der Waals surface area contributed by atoms with E-state index in [1.54, 1.807) is 0 Å². The molecule has 1 aliphatic heterocycles. The van der Waals surface area contributed by atoms with E-state index < -0.39 is 5.41 Å². The predicted molar refractivity (Wildman–Crippen MR) is 67.8 cm³/mol. The average Bonchev–Trinajstić information content (AvgIpc) is 2.79. The summed E-state index contributed by atoms with van der Waals surface area (Å²) in [5, 5.41) is 0. The molecule has 1 heterocycles. The molecule has 0 spiro atoms. The average molecular weight is 244 g/mol. The lowest BCUT2D eigenvalue weighted by Gasteiger charge is -2.13. The standard InChI is InChI=1S/C15H16O3/c1-17-14(16)15(12-8-10-18-13(12)15)9-7-11-5-3-2-4-6-11/h2-7,9,12-13H,8,10H2,1H3/b9-7+/t12-,13+,15-/m0/s1. The van der Waals surface area contributed by atoms with Crippen LogP contribution in [0, 0.1) is 11.3 Å². The monoisotopic (exact) mass is 244 g/mol. The first kappa shape index (κ1) is 11.5. The number of hydrogen-bond acceptors (Lipinski definition) is 3. The van der Waals surface area contributed by atoms with Crippen LogP contribution in [0.1, 0.15) is 12.0 Å². The number of fused-ring (bicyclic) bond motifs is 1. The van der Waals surface area contributed by atoms with Crippen LogP contribution < -0.4 is 0 Å². The quantitative estimate of drug-likeness (QED) is 0.765. The molecule has 94 valence electrons. The second kappa shape index (κ2) is 4.25. The largest absolute Gasteiger partial charge is 0.468 e. The van der Waals surface area contributed by atoms with Gasteiger partial charge in [0, 0.05) is 12.5 Å². The van der Waals surface area contributed by atoms with Crippen molar-refractivity contribution in [1.82, 2.24) is 0 Å². The molecule has 3 nitrogen and oxygen atoms in total. The molecule has 1 saturated carbocycles. The van der Waals surface area contributed by atoms with Crippen molar-refractivity contribution in [1.29, 1.82) is 0 Å².